The smallest absolute Gasteiger partial charge is 0.400 e. The molecule has 188 valence electrons. The number of carbonyl (C=O) groups is 1. The van der Waals surface area contributed by atoms with E-state index in [1.54, 1.807) is 19.9 Å². The Labute approximate surface area is 214 Å². The zero-order valence-corrected chi connectivity index (χ0v) is 21.1. The van der Waals surface area contributed by atoms with Crippen LogP contribution < -0.4 is 5.32 Å². The lowest BCUT2D eigenvalue weighted by molar-refractivity contribution is -0.161. The molecule has 0 unspecified atom stereocenters. The highest BCUT2D eigenvalue weighted by atomic mass is 35.5. The minimum atomic E-state index is -4.49. The number of imidazole rings is 1. The molecule has 2 aromatic heterocycles. The molecule has 2 heterocycles. The minimum Gasteiger partial charge on any atom is -0.481 e. The van der Waals surface area contributed by atoms with E-state index in [0.29, 0.717) is 5.69 Å². The summed E-state index contributed by atoms with van der Waals surface area (Å²) in [5, 5.41) is 12.7. The van der Waals surface area contributed by atoms with Gasteiger partial charge in [-0.05, 0) is 69.5 Å². The predicted octanol–water partition coefficient (Wildman–Crippen LogP) is 7.52. The van der Waals surface area contributed by atoms with Gasteiger partial charge in [0.2, 0.25) is 0 Å². The van der Waals surface area contributed by atoms with Gasteiger partial charge in [0.25, 0.3) is 0 Å². The van der Waals surface area contributed by atoms with Crippen LogP contribution in [-0.4, -0.2) is 33.3 Å². The molecule has 12 heteroatoms. The molecule has 1 aliphatic carbocycles. The normalized spacial score (nSPS) is 15.3. The van der Waals surface area contributed by atoms with Crippen LogP contribution in [-0.2, 0) is 10.2 Å². The molecule has 6 nitrogen and oxygen atoms in total. The molecule has 1 aromatic carbocycles. The van der Waals surface area contributed by atoms with Crippen LogP contribution in [0, 0.1) is 12.3 Å². The first kappa shape index (κ1) is 25.7. The SMILES string of the molecule is Cc1c(C2(C(F)(F)F)CC2)nc(-c2ccc(Cl)o2)n1-c1c(Cl)ccc(NCC(C)(C)C(=O)O)c1Cl. The van der Waals surface area contributed by atoms with E-state index in [-0.39, 0.29) is 63.3 Å². The van der Waals surface area contributed by atoms with Gasteiger partial charge in [0.05, 0.1) is 32.5 Å². The number of carboxylic acids is 1. The van der Waals surface area contributed by atoms with Gasteiger partial charge in [-0.15, -0.1) is 0 Å². The van der Waals surface area contributed by atoms with Crippen molar-refractivity contribution in [1.29, 1.82) is 0 Å². The van der Waals surface area contributed by atoms with Crippen molar-refractivity contribution in [2.24, 2.45) is 5.41 Å². The van der Waals surface area contributed by atoms with E-state index in [1.807, 2.05) is 0 Å². The Morgan fingerprint density at radius 1 is 1.20 bits per heavy atom. The molecule has 2 N–H and O–H groups in total. The Balaban J connectivity index is 1.91. The lowest BCUT2D eigenvalue weighted by Gasteiger charge is -2.22. The lowest BCUT2D eigenvalue weighted by Crippen LogP contribution is -2.31. The maximum Gasteiger partial charge on any atom is 0.400 e. The number of anilines is 1. The quantitative estimate of drug-likeness (QED) is 0.318. The molecule has 35 heavy (non-hydrogen) atoms. The van der Waals surface area contributed by atoms with Crippen LogP contribution in [0.3, 0.4) is 0 Å². The number of benzene rings is 1. The number of aliphatic carboxylic acids is 1. The monoisotopic (exact) mass is 549 g/mol. The molecule has 1 fully saturated rings. The van der Waals surface area contributed by atoms with Crippen molar-refractivity contribution < 1.29 is 27.5 Å². The van der Waals surface area contributed by atoms with Crippen molar-refractivity contribution in [3.05, 3.63) is 50.9 Å². The van der Waals surface area contributed by atoms with E-state index in [2.05, 4.69) is 10.3 Å². The average Bonchev–Trinajstić information content (AvgIpc) is 3.36. The zero-order valence-electron chi connectivity index (χ0n) is 18.9. The van der Waals surface area contributed by atoms with Crippen LogP contribution in [0.1, 0.15) is 38.1 Å². The van der Waals surface area contributed by atoms with E-state index in [9.17, 15) is 23.1 Å². The highest BCUT2D eigenvalue weighted by Crippen LogP contribution is 2.60. The maximum atomic E-state index is 14.0. The van der Waals surface area contributed by atoms with Gasteiger partial charge in [0, 0.05) is 12.2 Å². The fourth-order valence-corrected chi connectivity index (χ4v) is 4.63. The summed E-state index contributed by atoms with van der Waals surface area (Å²) >= 11 is 19.1. The predicted molar refractivity (Wildman–Crippen MR) is 128 cm³/mol. The van der Waals surface area contributed by atoms with Crippen LogP contribution >= 0.6 is 34.8 Å². The first-order chi connectivity index (χ1) is 16.2. The number of furan rings is 1. The Hall–Kier alpha value is -2.36. The summed E-state index contributed by atoms with van der Waals surface area (Å²) in [7, 11) is 0. The van der Waals surface area contributed by atoms with Crippen molar-refractivity contribution in [3.8, 4) is 17.3 Å². The lowest BCUT2D eigenvalue weighted by atomic mass is 9.94. The largest absolute Gasteiger partial charge is 0.481 e. The molecule has 1 aliphatic rings. The fraction of sp³-hybridized carbons (Fsp3) is 0.391. The Morgan fingerprint density at radius 3 is 2.37 bits per heavy atom. The van der Waals surface area contributed by atoms with Gasteiger partial charge in [0.1, 0.15) is 5.41 Å². The van der Waals surface area contributed by atoms with Crippen LogP contribution in [0.25, 0.3) is 17.3 Å². The second-order valence-electron chi connectivity index (χ2n) is 9.19. The summed E-state index contributed by atoms with van der Waals surface area (Å²) in [6.45, 7) is 4.65. The summed E-state index contributed by atoms with van der Waals surface area (Å²) in [5.74, 6) is -0.809. The number of aromatic nitrogens is 2. The molecule has 0 aliphatic heterocycles. The van der Waals surface area contributed by atoms with Crippen molar-refractivity contribution in [3.63, 3.8) is 0 Å². The van der Waals surface area contributed by atoms with Gasteiger partial charge in [-0.1, -0.05) is 23.2 Å². The van der Waals surface area contributed by atoms with Gasteiger partial charge in [-0.25, -0.2) is 4.98 Å². The molecule has 0 bridgehead atoms. The molecule has 0 radical (unpaired) electrons. The number of hydrogen-bond donors (Lipinski definition) is 2. The fourth-order valence-electron chi connectivity index (χ4n) is 3.88. The first-order valence-electron chi connectivity index (χ1n) is 10.6. The second-order valence-corrected chi connectivity index (χ2v) is 10.3. The molecule has 0 spiro atoms. The number of nitrogens with one attached hydrogen (secondary N) is 1. The molecule has 0 amide bonds. The summed E-state index contributed by atoms with van der Waals surface area (Å²) in [5.41, 5.74) is -2.56. The van der Waals surface area contributed by atoms with Crippen LogP contribution in [0.4, 0.5) is 18.9 Å². The second kappa shape index (κ2) is 8.64. The van der Waals surface area contributed by atoms with Gasteiger partial charge in [0.15, 0.2) is 16.8 Å². The third-order valence-corrected chi connectivity index (χ3v) is 7.13. The molecule has 0 atom stereocenters. The summed E-state index contributed by atoms with van der Waals surface area (Å²) in [6, 6.07) is 6.04. The van der Waals surface area contributed by atoms with Crippen LogP contribution in [0.5, 0.6) is 0 Å². The standard InChI is InChI=1S/C23H21Cl3F3N3O3/c1-11-18(22(8-9-22)23(27,28)29)31-19(14-6-7-15(25)35-14)32(11)17-12(24)4-5-13(16(17)26)30-10-21(2,3)20(33)34/h4-7,30H,8-10H2,1-3H3,(H,33,34). The van der Waals surface area contributed by atoms with Gasteiger partial charge in [-0.2, -0.15) is 13.2 Å². The Morgan fingerprint density at radius 2 is 1.86 bits per heavy atom. The topological polar surface area (TPSA) is 80.3 Å². The highest BCUT2D eigenvalue weighted by Gasteiger charge is 2.66. The van der Waals surface area contributed by atoms with E-state index >= 15 is 0 Å². The van der Waals surface area contributed by atoms with Gasteiger partial charge >= 0.3 is 12.1 Å². The van der Waals surface area contributed by atoms with E-state index in [0.717, 1.165) is 0 Å². The zero-order chi connectivity index (χ0) is 25.9. The third kappa shape index (κ3) is 4.38. The maximum absolute atomic E-state index is 14.0. The highest BCUT2D eigenvalue weighted by molar-refractivity contribution is 6.39. The Kier molecular flexibility index (Phi) is 6.35. The number of hydrogen-bond acceptors (Lipinski definition) is 4. The van der Waals surface area contributed by atoms with E-state index < -0.39 is 23.0 Å². The molecule has 3 aromatic rings. The summed E-state index contributed by atoms with van der Waals surface area (Å²) in [4.78, 5) is 15.8. The summed E-state index contributed by atoms with van der Waals surface area (Å²) < 4.78 is 48.9. The number of carboxylic acid groups (broad SMARTS) is 1. The van der Waals surface area contributed by atoms with Crippen LogP contribution in [0.2, 0.25) is 15.3 Å². The average molecular weight is 551 g/mol. The number of halogens is 6. The minimum absolute atomic E-state index is 0.0363. The Bertz CT molecular complexity index is 1310. The number of rotatable bonds is 7. The number of nitrogens with zero attached hydrogens (tertiary/aromatic N) is 2. The van der Waals surface area contributed by atoms with E-state index in [1.165, 1.54) is 29.7 Å². The van der Waals surface area contributed by atoms with Crippen molar-refractivity contribution in [1.82, 2.24) is 9.55 Å². The van der Waals surface area contributed by atoms with Crippen molar-refractivity contribution >= 4 is 46.5 Å². The number of alkyl halides is 3. The molecule has 0 saturated heterocycles. The van der Waals surface area contributed by atoms with Gasteiger partial charge < -0.3 is 14.8 Å². The van der Waals surface area contributed by atoms with E-state index in [4.69, 9.17) is 39.2 Å². The van der Waals surface area contributed by atoms with Gasteiger partial charge in [-0.3, -0.25) is 9.36 Å². The summed E-state index contributed by atoms with van der Waals surface area (Å²) in [6.07, 6.45) is -4.66. The molecule has 1 saturated carbocycles. The van der Waals surface area contributed by atoms with Crippen molar-refractivity contribution in [2.75, 3.05) is 11.9 Å². The molecule has 4 rings (SSSR count). The van der Waals surface area contributed by atoms with Crippen LogP contribution in [0.15, 0.2) is 28.7 Å². The molecular formula is C23H21Cl3F3N3O3. The third-order valence-electron chi connectivity index (χ3n) is 6.24. The molecular weight excluding hydrogens is 530 g/mol. The van der Waals surface area contributed by atoms with Crippen molar-refractivity contribution in [2.45, 2.75) is 45.2 Å². The first-order valence-corrected chi connectivity index (χ1v) is 11.7.